The van der Waals surface area contributed by atoms with Gasteiger partial charge in [-0.05, 0) is 49.4 Å². The molecule has 19 heavy (non-hydrogen) atoms. The summed E-state index contributed by atoms with van der Waals surface area (Å²) in [6.07, 6.45) is 1.99. The molecule has 4 nitrogen and oxygen atoms in total. The molecule has 1 fully saturated rings. The summed E-state index contributed by atoms with van der Waals surface area (Å²) < 4.78 is 39.8. The van der Waals surface area contributed by atoms with Gasteiger partial charge in [-0.25, -0.2) is 17.5 Å². The van der Waals surface area contributed by atoms with Crippen LogP contribution in [0.4, 0.5) is 4.39 Å². The first-order chi connectivity index (χ1) is 8.88. The Bertz CT molecular complexity index is 539. The highest BCUT2D eigenvalue weighted by molar-refractivity contribution is 7.89. The average molecular weight is 287 g/mol. The molecule has 0 aliphatic heterocycles. The molecule has 0 heterocycles. The summed E-state index contributed by atoms with van der Waals surface area (Å²) in [6, 6.07) is 3.71. The second-order valence-corrected chi connectivity index (χ2v) is 6.84. The van der Waals surface area contributed by atoms with Gasteiger partial charge in [0.1, 0.15) is 5.82 Å². The van der Waals surface area contributed by atoms with Crippen LogP contribution in [0.5, 0.6) is 0 Å². The number of aryl methyl sites for hydroxylation is 1. The Morgan fingerprint density at radius 3 is 2.68 bits per heavy atom. The van der Waals surface area contributed by atoms with Gasteiger partial charge in [0.2, 0.25) is 10.0 Å². The van der Waals surface area contributed by atoms with Gasteiger partial charge in [0, 0.05) is 6.54 Å². The van der Waals surface area contributed by atoms with E-state index in [0.717, 1.165) is 18.9 Å². The number of benzene rings is 1. The number of sulfonamides is 1. The molecule has 2 rings (SSSR count). The smallest absolute Gasteiger partial charge is 0.240 e. The molecule has 1 saturated carbocycles. The largest absolute Gasteiger partial charge is 0.393 e. The van der Waals surface area contributed by atoms with E-state index < -0.39 is 21.9 Å². The Balaban J connectivity index is 2.09. The molecular weight excluding hydrogens is 269 g/mol. The fourth-order valence-electron chi connectivity index (χ4n) is 2.41. The van der Waals surface area contributed by atoms with Gasteiger partial charge in [0.15, 0.2) is 0 Å². The van der Waals surface area contributed by atoms with Crippen LogP contribution >= 0.6 is 0 Å². The molecule has 0 radical (unpaired) electrons. The van der Waals surface area contributed by atoms with Gasteiger partial charge in [-0.15, -0.1) is 0 Å². The van der Waals surface area contributed by atoms with Crippen LogP contribution in [0.3, 0.4) is 0 Å². The first-order valence-electron chi connectivity index (χ1n) is 6.33. The van der Waals surface area contributed by atoms with E-state index in [9.17, 15) is 17.9 Å². The van der Waals surface area contributed by atoms with Crippen molar-refractivity contribution < 1.29 is 17.9 Å². The summed E-state index contributed by atoms with van der Waals surface area (Å²) in [5.74, 6) is -0.620. The zero-order valence-corrected chi connectivity index (χ0v) is 11.6. The van der Waals surface area contributed by atoms with Gasteiger partial charge in [0.25, 0.3) is 0 Å². The lowest BCUT2D eigenvalue weighted by molar-refractivity contribution is 0.134. The molecule has 2 N–H and O–H groups in total. The maximum absolute atomic E-state index is 13.2. The van der Waals surface area contributed by atoms with Gasteiger partial charge >= 0.3 is 0 Å². The fraction of sp³-hybridized carbons (Fsp3) is 0.538. The van der Waals surface area contributed by atoms with E-state index in [-0.39, 0.29) is 17.4 Å². The third kappa shape index (κ3) is 3.52. The van der Waals surface area contributed by atoms with Crippen LogP contribution in [0, 0.1) is 18.7 Å². The third-order valence-corrected chi connectivity index (χ3v) is 4.88. The van der Waals surface area contributed by atoms with E-state index in [1.165, 1.54) is 12.1 Å². The molecule has 0 amide bonds. The standard InChI is InChI=1S/C13H18FNO3S/c1-9-5-11(14)7-12(6-9)19(17,18)15-8-10-3-2-4-13(10)16/h5-7,10,13,15-16H,2-4,8H2,1H3/t10-,13+/m1/s1. The Morgan fingerprint density at radius 2 is 2.11 bits per heavy atom. The van der Waals surface area contributed by atoms with Crippen LogP contribution in [0.1, 0.15) is 24.8 Å². The van der Waals surface area contributed by atoms with Gasteiger partial charge in [0.05, 0.1) is 11.0 Å². The molecule has 1 aliphatic rings. The topological polar surface area (TPSA) is 66.4 Å². The number of halogens is 1. The monoisotopic (exact) mass is 287 g/mol. The molecular formula is C13H18FNO3S. The lowest BCUT2D eigenvalue weighted by Crippen LogP contribution is -2.32. The average Bonchev–Trinajstić information content (AvgIpc) is 2.71. The summed E-state index contributed by atoms with van der Waals surface area (Å²) in [6.45, 7) is 1.84. The molecule has 1 aromatic rings. The Labute approximate surface area is 112 Å². The lowest BCUT2D eigenvalue weighted by Gasteiger charge is -2.15. The van der Waals surface area contributed by atoms with E-state index in [2.05, 4.69) is 4.72 Å². The van der Waals surface area contributed by atoms with E-state index >= 15 is 0 Å². The number of hydrogen-bond donors (Lipinski definition) is 2. The quantitative estimate of drug-likeness (QED) is 0.883. The SMILES string of the molecule is Cc1cc(F)cc(S(=O)(=O)NC[C@H]2CCC[C@@H]2O)c1. The molecule has 0 saturated heterocycles. The van der Waals surface area contributed by atoms with E-state index in [4.69, 9.17) is 0 Å². The molecule has 1 aromatic carbocycles. The highest BCUT2D eigenvalue weighted by Crippen LogP contribution is 2.25. The molecule has 0 spiro atoms. The minimum absolute atomic E-state index is 0.0515. The van der Waals surface area contributed by atoms with Crippen molar-refractivity contribution in [3.63, 3.8) is 0 Å². The zero-order chi connectivity index (χ0) is 14.0. The summed E-state index contributed by atoms with van der Waals surface area (Å²) in [5.41, 5.74) is 0.557. The maximum Gasteiger partial charge on any atom is 0.240 e. The van der Waals surface area contributed by atoms with Gasteiger partial charge < -0.3 is 5.11 Å². The first-order valence-corrected chi connectivity index (χ1v) is 7.82. The number of nitrogens with one attached hydrogen (secondary N) is 1. The molecule has 106 valence electrons. The van der Waals surface area contributed by atoms with Gasteiger partial charge in [-0.3, -0.25) is 0 Å². The molecule has 0 unspecified atom stereocenters. The van der Waals surface area contributed by atoms with Crippen molar-refractivity contribution in [2.45, 2.75) is 37.2 Å². The fourth-order valence-corrected chi connectivity index (χ4v) is 3.62. The number of rotatable bonds is 4. The lowest BCUT2D eigenvalue weighted by atomic mass is 10.1. The van der Waals surface area contributed by atoms with Crippen molar-refractivity contribution in [2.24, 2.45) is 5.92 Å². The Kier molecular flexibility index (Phi) is 4.23. The number of aliphatic hydroxyl groups is 1. The van der Waals surface area contributed by atoms with Crippen LogP contribution in [0.2, 0.25) is 0 Å². The summed E-state index contributed by atoms with van der Waals surface area (Å²) in [4.78, 5) is -0.0718. The van der Waals surface area contributed by atoms with E-state index in [0.29, 0.717) is 12.0 Å². The molecule has 0 bridgehead atoms. The van der Waals surface area contributed by atoms with Gasteiger partial charge in [-0.2, -0.15) is 0 Å². The summed E-state index contributed by atoms with van der Waals surface area (Å²) in [5, 5.41) is 9.65. The first kappa shape index (κ1) is 14.4. The highest BCUT2D eigenvalue weighted by Gasteiger charge is 2.27. The van der Waals surface area contributed by atoms with Crippen LogP contribution in [-0.2, 0) is 10.0 Å². The molecule has 6 heteroatoms. The predicted molar refractivity (Wildman–Crippen MR) is 69.7 cm³/mol. The van der Waals surface area contributed by atoms with Crippen LogP contribution in [-0.4, -0.2) is 26.2 Å². The minimum Gasteiger partial charge on any atom is -0.393 e. The van der Waals surface area contributed by atoms with Crippen molar-refractivity contribution in [2.75, 3.05) is 6.54 Å². The van der Waals surface area contributed by atoms with E-state index in [1.54, 1.807) is 6.92 Å². The Morgan fingerprint density at radius 1 is 1.37 bits per heavy atom. The molecule has 2 atom stereocenters. The second kappa shape index (κ2) is 5.56. The number of aliphatic hydroxyl groups excluding tert-OH is 1. The van der Waals surface area contributed by atoms with Crippen molar-refractivity contribution >= 4 is 10.0 Å². The Hall–Kier alpha value is -0.980. The van der Waals surface area contributed by atoms with Crippen molar-refractivity contribution in [1.29, 1.82) is 0 Å². The predicted octanol–water partition coefficient (Wildman–Crippen LogP) is 1.57. The van der Waals surface area contributed by atoms with Crippen LogP contribution in [0.15, 0.2) is 23.1 Å². The zero-order valence-electron chi connectivity index (χ0n) is 10.8. The normalized spacial score (nSPS) is 23.7. The highest BCUT2D eigenvalue weighted by atomic mass is 32.2. The maximum atomic E-state index is 13.2. The van der Waals surface area contributed by atoms with Crippen molar-refractivity contribution in [3.8, 4) is 0 Å². The minimum atomic E-state index is -3.72. The van der Waals surface area contributed by atoms with Crippen molar-refractivity contribution in [1.82, 2.24) is 4.72 Å². The number of hydrogen-bond acceptors (Lipinski definition) is 3. The molecule has 1 aliphatic carbocycles. The van der Waals surface area contributed by atoms with E-state index in [1.807, 2.05) is 0 Å². The van der Waals surface area contributed by atoms with Gasteiger partial charge in [-0.1, -0.05) is 6.42 Å². The third-order valence-electron chi connectivity index (χ3n) is 3.48. The molecule has 0 aromatic heterocycles. The van der Waals surface area contributed by atoms with Crippen molar-refractivity contribution in [3.05, 3.63) is 29.6 Å². The van der Waals surface area contributed by atoms with Crippen LogP contribution in [0.25, 0.3) is 0 Å². The summed E-state index contributed by atoms with van der Waals surface area (Å²) >= 11 is 0. The second-order valence-electron chi connectivity index (χ2n) is 5.07. The van der Waals surface area contributed by atoms with Crippen LogP contribution < -0.4 is 4.72 Å². The summed E-state index contributed by atoms with van der Waals surface area (Å²) in [7, 11) is -3.72.